The van der Waals surface area contributed by atoms with Crippen LogP contribution in [-0.4, -0.2) is 29.7 Å². The molecule has 1 aromatic rings. The molecule has 1 rings (SSSR count). The monoisotopic (exact) mass is 233 g/mol. The van der Waals surface area contributed by atoms with E-state index in [1.54, 1.807) is 30.3 Å². The van der Waals surface area contributed by atoms with Gasteiger partial charge in [0.15, 0.2) is 0 Å². The number of pyridine rings is 1. The molecule has 2 N–H and O–H groups in total. The van der Waals surface area contributed by atoms with Gasteiger partial charge in [0.05, 0.1) is 6.42 Å². The topological polar surface area (TPSA) is 42.1 Å². The lowest BCUT2D eigenvalue weighted by atomic mass is 10.2. The lowest BCUT2D eigenvalue weighted by molar-refractivity contribution is -0.137. The molecule has 0 saturated carbocycles. The first-order chi connectivity index (χ1) is 7.37. The van der Waals surface area contributed by atoms with Crippen molar-refractivity contribution in [1.82, 2.24) is 9.88 Å². The van der Waals surface area contributed by atoms with E-state index >= 15 is 0 Å². The first-order valence-electron chi connectivity index (χ1n) is 4.82. The Morgan fingerprint density at radius 2 is 2.06 bits per heavy atom. The van der Waals surface area contributed by atoms with Crippen LogP contribution >= 0.6 is 0 Å². The maximum atomic E-state index is 12.0. The molecule has 0 atom stereocenters. The van der Waals surface area contributed by atoms with Crippen molar-refractivity contribution >= 4 is 5.82 Å². The van der Waals surface area contributed by atoms with Crippen LogP contribution in [0.2, 0.25) is 0 Å². The third-order valence-corrected chi connectivity index (χ3v) is 2.08. The molecule has 0 aliphatic heterocycles. The van der Waals surface area contributed by atoms with E-state index in [2.05, 4.69) is 4.98 Å². The van der Waals surface area contributed by atoms with Crippen LogP contribution in [0.5, 0.6) is 0 Å². The summed E-state index contributed by atoms with van der Waals surface area (Å²) < 4.78 is 35.9. The third kappa shape index (κ3) is 4.97. The van der Waals surface area contributed by atoms with Gasteiger partial charge in [0.25, 0.3) is 0 Å². The predicted octanol–water partition coefficient (Wildman–Crippen LogP) is 2.05. The molecule has 3 nitrogen and oxygen atoms in total. The van der Waals surface area contributed by atoms with Crippen molar-refractivity contribution in [1.29, 1.82) is 0 Å². The molecule has 0 aliphatic rings. The van der Waals surface area contributed by atoms with Crippen molar-refractivity contribution < 1.29 is 13.2 Å². The second kappa shape index (κ2) is 5.16. The van der Waals surface area contributed by atoms with E-state index in [-0.39, 0.29) is 6.54 Å². The van der Waals surface area contributed by atoms with Gasteiger partial charge in [-0.1, -0.05) is 6.07 Å². The molecule has 0 aromatic carbocycles. The summed E-state index contributed by atoms with van der Waals surface area (Å²) in [6.07, 6.45) is -3.33. The summed E-state index contributed by atoms with van der Waals surface area (Å²) >= 11 is 0. The number of aromatic nitrogens is 1. The number of rotatable bonds is 4. The van der Waals surface area contributed by atoms with Crippen LogP contribution < -0.4 is 5.73 Å². The van der Waals surface area contributed by atoms with E-state index in [1.807, 2.05) is 0 Å². The molecule has 1 heterocycles. The SMILES string of the molecule is CN(CCC(F)(F)F)Cc1ccc(N)nc1. The lowest BCUT2D eigenvalue weighted by Gasteiger charge is -2.17. The van der Waals surface area contributed by atoms with Crippen LogP contribution in [0.25, 0.3) is 0 Å². The quantitative estimate of drug-likeness (QED) is 0.865. The Bertz CT molecular complexity index is 321. The van der Waals surface area contributed by atoms with Crippen LogP contribution in [0.1, 0.15) is 12.0 Å². The fourth-order valence-corrected chi connectivity index (χ4v) is 1.24. The molecule has 16 heavy (non-hydrogen) atoms. The number of halogens is 3. The zero-order valence-corrected chi connectivity index (χ0v) is 8.96. The molecule has 6 heteroatoms. The standard InChI is InChI=1S/C10H14F3N3/c1-16(5-4-10(11,12)13)7-8-2-3-9(14)15-6-8/h2-3,6H,4-5,7H2,1H3,(H2,14,15). The van der Waals surface area contributed by atoms with Crippen molar-refractivity contribution in [2.75, 3.05) is 19.3 Å². The molecular formula is C10H14F3N3. The van der Waals surface area contributed by atoms with Gasteiger partial charge in [0.1, 0.15) is 5.82 Å². The predicted molar refractivity (Wildman–Crippen MR) is 55.7 cm³/mol. The maximum Gasteiger partial charge on any atom is 0.390 e. The summed E-state index contributed by atoms with van der Waals surface area (Å²) in [5.74, 6) is 0.404. The lowest BCUT2D eigenvalue weighted by Crippen LogP contribution is -2.24. The van der Waals surface area contributed by atoms with Crippen molar-refractivity contribution in [2.45, 2.75) is 19.1 Å². The maximum absolute atomic E-state index is 12.0. The van der Waals surface area contributed by atoms with Gasteiger partial charge >= 0.3 is 6.18 Å². The Morgan fingerprint density at radius 3 is 2.56 bits per heavy atom. The highest BCUT2D eigenvalue weighted by Gasteiger charge is 2.26. The second-order valence-electron chi connectivity index (χ2n) is 3.69. The average Bonchev–Trinajstić information content (AvgIpc) is 2.18. The third-order valence-electron chi connectivity index (χ3n) is 2.08. The number of nitrogens with zero attached hydrogens (tertiary/aromatic N) is 2. The Kier molecular flexibility index (Phi) is 4.12. The van der Waals surface area contributed by atoms with Crippen LogP contribution in [-0.2, 0) is 6.54 Å². The number of hydrogen-bond donors (Lipinski definition) is 1. The number of nitrogens with two attached hydrogens (primary N) is 1. The highest BCUT2D eigenvalue weighted by atomic mass is 19.4. The molecular weight excluding hydrogens is 219 g/mol. The molecule has 1 aromatic heterocycles. The largest absolute Gasteiger partial charge is 0.390 e. The zero-order valence-electron chi connectivity index (χ0n) is 8.96. The van der Waals surface area contributed by atoms with Crippen LogP contribution in [0.3, 0.4) is 0 Å². The van der Waals surface area contributed by atoms with Crippen LogP contribution in [0, 0.1) is 0 Å². The highest BCUT2D eigenvalue weighted by molar-refractivity contribution is 5.29. The fourth-order valence-electron chi connectivity index (χ4n) is 1.24. The molecule has 90 valence electrons. The summed E-state index contributed by atoms with van der Waals surface area (Å²) in [6.45, 7) is 0.414. The van der Waals surface area contributed by atoms with Gasteiger partial charge in [-0.05, 0) is 18.7 Å². The minimum Gasteiger partial charge on any atom is -0.384 e. The van der Waals surface area contributed by atoms with Crippen molar-refractivity contribution in [2.24, 2.45) is 0 Å². The number of nitrogen functional groups attached to an aromatic ring is 1. The second-order valence-corrected chi connectivity index (χ2v) is 3.69. The normalized spacial score (nSPS) is 12.1. The molecule has 0 unspecified atom stereocenters. The molecule has 0 aliphatic carbocycles. The molecule has 0 radical (unpaired) electrons. The molecule has 0 saturated heterocycles. The summed E-state index contributed by atoms with van der Waals surface area (Å²) in [5, 5.41) is 0. The van der Waals surface area contributed by atoms with Gasteiger partial charge in [-0.25, -0.2) is 4.98 Å². The van der Waals surface area contributed by atoms with Gasteiger partial charge < -0.3 is 10.6 Å². The molecule has 0 amide bonds. The Morgan fingerprint density at radius 1 is 1.38 bits per heavy atom. The summed E-state index contributed by atoms with van der Waals surface area (Å²) in [6, 6.07) is 3.39. The summed E-state index contributed by atoms with van der Waals surface area (Å²) in [7, 11) is 1.64. The first-order valence-corrected chi connectivity index (χ1v) is 4.82. The number of anilines is 1. The molecule has 0 spiro atoms. The molecule has 0 bridgehead atoms. The van der Waals surface area contributed by atoms with Crippen molar-refractivity contribution in [3.63, 3.8) is 0 Å². The highest BCUT2D eigenvalue weighted by Crippen LogP contribution is 2.19. The van der Waals surface area contributed by atoms with E-state index in [9.17, 15) is 13.2 Å². The fraction of sp³-hybridized carbons (Fsp3) is 0.500. The molecule has 0 fully saturated rings. The Labute approximate surface area is 92.1 Å². The van der Waals surface area contributed by atoms with Crippen LogP contribution in [0.4, 0.5) is 19.0 Å². The first kappa shape index (κ1) is 12.8. The minimum absolute atomic E-state index is 0.0200. The smallest absolute Gasteiger partial charge is 0.384 e. The van der Waals surface area contributed by atoms with Gasteiger partial charge in [0.2, 0.25) is 0 Å². The van der Waals surface area contributed by atoms with Gasteiger partial charge in [-0.2, -0.15) is 13.2 Å². The van der Waals surface area contributed by atoms with Crippen LogP contribution in [0.15, 0.2) is 18.3 Å². The van der Waals surface area contributed by atoms with Gasteiger partial charge in [-0.3, -0.25) is 0 Å². The van der Waals surface area contributed by atoms with E-state index < -0.39 is 12.6 Å². The van der Waals surface area contributed by atoms with Crippen molar-refractivity contribution in [3.05, 3.63) is 23.9 Å². The van der Waals surface area contributed by atoms with Crippen molar-refractivity contribution in [3.8, 4) is 0 Å². The van der Waals surface area contributed by atoms with Gasteiger partial charge in [0, 0.05) is 19.3 Å². The minimum atomic E-state index is -4.10. The number of alkyl halides is 3. The Hall–Kier alpha value is -1.30. The Balaban J connectivity index is 2.39. The van der Waals surface area contributed by atoms with Gasteiger partial charge in [-0.15, -0.1) is 0 Å². The van der Waals surface area contributed by atoms with E-state index in [0.29, 0.717) is 12.4 Å². The van der Waals surface area contributed by atoms with E-state index in [4.69, 9.17) is 5.73 Å². The van der Waals surface area contributed by atoms with E-state index in [1.165, 1.54) is 0 Å². The van der Waals surface area contributed by atoms with E-state index in [0.717, 1.165) is 5.56 Å². The summed E-state index contributed by atoms with van der Waals surface area (Å²) in [5.41, 5.74) is 6.25. The average molecular weight is 233 g/mol. The number of hydrogen-bond acceptors (Lipinski definition) is 3. The zero-order chi connectivity index (χ0) is 12.2. The summed E-state index contributed by atoms with van der Waals surface area (Å²) in [4.78, 5) is 5.47.